The smallest absolute Gasteiger partial charge is 0.405 e. The Balaban J connectivity index is 2.97. The van der Waals surface area contributed by atoms with Crippen LogP contribution in [-0.2, 0) is 0 Å². The monoisotopic (exact) mass is 274 g/mol. The molecule has 2 nitrogen and oxygen atoms in total. The summed E-state index contributed by atoms with van der Waals surface area (Å²) in [6.07, 6.45) is -1.50. The second-order valence-corrected chi connectivity index (χ2v) is 4.51. The summed E-state index contributed by atoms with van der Waals surface area (Å²) in [7, 11) is 0. The number of hydrogen-bond acceptors (Lipinski definition) is 2. The molecule has 5 heteroatoms. The van der Waals surface area contributed by atoms with Gasteiger partial charge in [-0.2, -0.15) is 0 Å². The number of aldehydes is 1. The number of ether oxygens (including phenoxy) is 1. The van der Waals surface area contributed by atoms with Crippen molar-refractivity contribution < 1.29 is 22.7 Å². The number of carbonyl (C=O) groups excluding carboxylic acids is 1. The standard InChI is InChI=1S/C14H17F3O2/c1-3-4-5-10(2)11-6-7-12(9-18)13(8-11)19-14(15,16)17/h6-10H,3-5H2,1-2H3/t10-/m1/s1. The van der Waals surface area contributed by atoms with Crippen LogP contribution >= 0.6 is 0 Å². The number of benzene rings is 1. The van der Waals surface area contributed by atoms with E-state index in [-0.39, 0.29) is 11.5 Å². The Morgan fingerprint density at radius 1 is 1.37 bits per heavy atom. The summed E-state index contributed by atoms with van der Waals surface area (Å²) in [5.74, 6) is -0.292. The minimum atomic E-state index is -4.79. The van der Waals surface area contributed by atoms with E-state index in [0.717, 1.165) is 24.8 Å². The van der Waals surface area contributed by atoms with Gasteiger partial charge >= 0.3 is 6.36 Å². The molecule has 0 N–H and O–H groups in total. The van der Waals surface area contributed by atoms with Gasteiger partial charge in [0.15, 0.2) is 6.29 Å². The number of unbranched alkanes of at least 4 members (excludes halogenated alkanes) is 1. The van der Waals surface area contributed by atoms with Gasteiger partial charge in [-0.1, -0.05) is 32.8 Å². The van der Waals surface area contributed by atoms with Crippen molar-refractivity contribution in [2.75, 3.05) is 0 Å². The lowest BCUT2D eigenvalue weighted by Gasteiger charge is -2.15. The van der Waals surface area contributed by atoms with Crippen LogP contribution in [0.2, 0.25) is 0 Å². The van der Waals surface area contributed by atoms with Gasteiger partial charge in [-0.05, 0) is 30.0 Å². The Labute approximate surface area is 110 Å². The maximum atomic E-state index is 12.3. The van der Waals surface area contributed by atoms with Gasteiger partial charge < -0.3 is 4.74 Å². The average Bonchev–Trinajstić information content (AvgIpc) is 2.34. The summed E-state index contributed by atoms with van der Waals surface area (Å²) < 4.78 is 40.7. The van der Waals surface area contributed by atoms with Crippen molar-refractivity contribution in [2.45, 2.75) is 45.4 Å². The summed E-state index contributed by atoms with van der Waals surface area (Å²) in [5, 5.41) is 0. The fourth-order valence-electron chi connectivity index (χ4n) is 1.84. The second-order valence-electron chi connectivity index (χ2n) is 4.51. The number of carbonyl (C=O) groups is 1. The zero-order valence-electron chi connectivity index (χ0n) is 11.0. The summed E-state index contributed by atoms with van der Waals surface area (Å²) in [4.78, 5) is 10.7. The number of rotatable bonds is 6. The van der Waals surface area contributed by atoms with Crippen LogP contribution < -0.4 is 4.74 Å². The number of hydrogen-bond donors (Lipinski definition) is 0. The predicted octanol–water partition coefficient (Wildman–Crippen LogP) is 4.69. The normalized spacial score (nSPS) is 13.1. The molecule has 0 aliphatic heterocycles. The van der Waals surface area contributed by atoms with Crippen LogP contribution in [0.5, 0.6) is 5.75 Å². The minimum absolute atomic E-state index is 0.0937. The Morgan fingerprint density at radius 3 is 2.58 bits per heavy atom. The van der Waals surface area contributed by atoms with Crippen molar-refractivity contribution >= 4 is 6.29 Å². The molecule has 0 saturated heterocycles. The fourth-order valence-corrected chi connectivity index (χ4v) is 1.84. The lowest BCUT2D eigenvalue weighted by atomic mass is 9.94. The molecule has 1 aromatic carbocycles. The summed E-state index contributed by atoms with van der Waals surface area (Å²) in [6, 6.07) is 4.34. The molecule has 0 aliphatic rings. The van der Waals surface area contributed by atoms with Crippen molar-refractivity contribution in [3.05, 3.63) is 29.3 Å². The highest BCUT2D eigenvalue weighted by atomic mass is 19.4. The van der Waals surface area contributed by atoms with E-state index in [9.17, 15) is 18.0 Å². The molecule has 1 rings (SSSR count). The Kier molecular flexibility index (Phi) is 5.39. The van der Waals surface area contributed by atoms with E-state index >= 15 is 0 Å². The molecule has 0 aromatic heterocycles. The van der Waals surface area contributed by atoms with Crippen LogP contribution in [0.3, 0.4) is 0 Å². The summed E-state index contributed by atoms with van der Waals surface area (Å²) in [6.45, 7) is 4.00. The van der Waals surface area contributed by atoms with Crippen LogP contribution in [0.1, 0.15) is 54.9 Å². The minimum Gasteiger partial charge on any atom is -0.405 e. The fraction of sp³-hybridized carbons (Fsp3) is 0.500. The molecule has 0 amide bonds. The zero-order chi connectivity index (χ0) is 14.5. The molecule has 1 aromatic rings. The average molecular weight is 274 g/mol. The maximum Gasteiger partial charge on any atom is 0.573 e. The summed E-state index contributed by atoms with van der Waals surface area (Å²) >= 11 is 0. The van der Waals surface area contributed by atoms with E-state index in [1.165, 1.54) is 12.1 Å². The molecule has 0 saturated carbocycles. The molecule has 19 heavy (non-hydrogen) atoms. The van der Waals surface area contributed by atoms with Crippen molar-refractivity contribution in [1.82, 2.24) is 0 Å². The molecular formula is C14H17F3O2. The molecule has 0 fully saturated rings. The van der Waals surface area contributed by atoms with Crippen molar-refractivity contribution in [1.29, 1.82) is 0 Å². The molecule has 0 aliphatic carbocycles. The molecular weight excluding hydrogens is 257 g/mol. The Morgan fingerprint density at radius 2 is 2.05 bits per heavy atom. The van der Waals surface area contributed by atoms with Crippen LogP contribution in [0.25, 0.3) is 0 Å². The highest BCUT2D eigenvalue weighted by molar-refractivity contribution is 5.79. The number of alkyl halides is 3. The third-order valence-electron chi connectivity index (χ3n) is 2.95. The maximum absolute atomic E-state index is 12.3. The lowest BCUT2D eigenvalue weighted by Crippen LogP contribution is -2.18. The Bertz CT molecular complexity index is 427. The molecule has 0 radical (unpaired) electrons. The quantitative estimate of drug-likeness (QED) is 0.703. The topological polar surface area (TPSA) is 26.3 Å². The molecule has 0 bridgehead atoms. The van der Waals surface area contributed by atoms with Crippen LogP contribution in [0.15, 0.2) is 18.2 Å². The molecule has 0 heterocycles. The molecule has 0 spiro atoms. The van der Waals surface area contributed by atoms with Crippen LogP contribution in [-0.4, -0.2) is 12.6 Å². The largest absolute Gasteiger partial charge is 0.573 e. The van der Waals surface area contributed by atoms with Gasteiger partial charge in [0.1, 0.15) is 5.75 Å². The highest BCUT2D eigenvalue weighted by Crippen LogP contribution is 2.30. The van der Waals surface area contributed by atoms with Gasteiger partial charge in [-0.25, -0.2) is 0 Å². The second kappa shape index (κ2) is 6.59. The van der Waals surface area contributed by atoms with Crippen LogP contribution in [0, 0.1) is 0 Å². The van der Waals surface area contributed by atoms with E-state index < -0.39 is 12.1 Å². The zero-order valence-corrected chi connectivity index (χ0v) is 11.0. The van der Waals surface area contributed by atoms with E-state index in [4.69, 9.17) is 0 Å². The van der Waals surface area contributed by atoms with Gasteiger partial charge in [-0.15, -0.1) is 13.2 Å². The summed E-state index contributed by atoms with van der Waals surface area (Å²) in [5.41, 5.74) is 0.655. The third-order valence-corrected chi connectivity index (χ3v) is 2.95. The first-order valence-corrected chi connectivity index (χ1v) is 6.22. The van der Waals surface area contributed by atoms with Gasteiger partial charge in [0.05, 0.1) is 5.56 Å². The molecule has 1 atom stereocenters. The first-order chi connectivity index (χ1) is 8.87. The lowest BCUT2D eigenvalue weighted by molar-refractivity contribution is -0.274. The van der Waals surface area contributed by atoms with Crippen molar-refractivity contribution in [2.24, 2.45) is 0 Å². The predicted molar refractivity (Wildman–Crippen MR) is 66.5 cm³/mol. The highest BCUT2D eigenvalue weighted by Gasteiger charge is 2.32. The van der Waals surface area contributed by atoms with Crippen molar-refractivity contribution in [3.8, 4) is 5.75 Å². The van der Waals surface area contributed by atoms with Crippen molar-refractivity contribution in [3.63, 3.8) is 0 Å². The first-order valence-electron chi connectivity index (χ1n) is 6.22. The first kappa shape index (κ1) is 15.5. The van der Waals surface area contributed by atoms with E-state index in [0.29, 0.717) is 6.29 Å². The SMILES string of the molecule is CCCC[C@@H](C)c1ccc(C=O)c(OC(F)(F)F)c1. The van der Waals surface area contributed by atoms with Gasteiger partial charge in [0, 0.05) is 0 Å². The van der Waals surface area contributed by atoms with Gasteiger partial charge in [-0.3, -0.25) is 4.79 Å². The molecule has 106 valence electrons. The van der Waals surface area contributed by atoms with E-state index in [2.05, 4.69) is 11.7 Å². The Hall–Kier alpha value is -1.52. The van der Waals surface area contributed by atoms with Crippen LogP contribution in [0.4, 0.5) is 13.2 Å². The van der Waals surface area contributed by atoms with E-state index in [1.54, 1.807) is 6.07 Å². The van der Waals surface area contributed by atoms with Gasteiger partial charge in [0.25, 0.3) is 0 Å². The third kappa shape index (κ3) is 4.93. The number of halogens is 3. The van der Waals surface area contributed by atoms with E-state index in [1.807, 2.05) is 6.92 Å². The molecule has 0 unspecified atom stereocenters. The van der Waals surface area contributed by atoms with Gasteiger partial charge in [0.2, 0.25) is 0 Å².